The molecule has 100 valence electrons. The van der Waals surface area contributed by atoms with Gasteiger partial charge in [0.1, 0.15) is 5.82 Å². The Morgan fingerprint density at radius 2 is 1.84 bits per heavy atom. The van der Waals surface area contributed by atoms with Gasteiger partial charge < -0.3 is 0 Å². The second-order valence-electron chi connectivity index (χ2n) is 3.96. The minimum absolute atomic E-state index is 0.187. The van der Waals surface area contributed by atoms with E-state index in [4.69, 9.17) is 11.6 Å². The maximum Gasteiger partial charge on any atom is 0.236 e. The maximum absolute atomic E-state index is 13.0. The summed E-state index contributed by atoms with van der Waals surface area (Å²) in [7, 11) is -3.63. The van der Waals surface area contributed by atoms with Gasteiger partial charge in [0.2, 0.25) is 10.0 Å². The van der Waals surface area contributed by atoms with Crippen LogP contribution in [0.15, 0.2) is 48.5 Å². The van der Waals surface area contributed by atoms with E-state index in [1.54, 1.807) is 24.3 Å². The fraction of sp³-hybridized carbons (Fsp3) is 0.0769. The first-order valence-corrected chi connectivity index (χ1v) is 7.49. The first kappa shape index (κ1) is 13.8. The van der Waals surface area contributed by atoms with Gasteiger partial charge in [0.25, 0.3) is 0 Å². The van der Waals surface area contributed by atoms with Crippen molar-refractivity contribution in [3.63, 3.8) is 0 Å². The molecule has 0 spiro atoms. The van der Waals surface area contributed by atoms with Gasteiger partial charge in [-0.3, -0.25) is 4.72 Å². The average molecular weight is 300 g/mol. The standard InChI is InChI=1S/C13H11ClFNO2S/c14-13-7-2-1-4-10(13)9-19(17,18)16-12-6-3-5-11(15)8-12/h1-8,16H,9H2. The first-order chi connectivity index (χ1) is 8.96. The lowest BCUT2D eigenvalue weighted by atomic mass is 10.2. The van der Waals surface area contributed by atoms with E-state index in [0.717, 1.165) is 6.07 Å². The van der Waals surface area contributed by atoms with Crippen molar-refractivity contribution in [2.75, 3.05) is 4.72 Å². The molecule has 0 aliphatic carbocycles. The highest BCUT2D eigenvalue weighted by Gasteiger charge is 2.13. The summed E-state index contributed by atoms with van der Waals surface area (Å²) >= 11 is 5.91. The Bertz CT molecular complexity index is 689. The number of anilines is 1. The van der Waals surface area contributed by atoms with Gasteiger partial charge in [-0.05, 0) is 29.8 Å². The molecule has 3 nitrogen and oxygen atoms in total. The molecule has 0 aliphatic rings. The van der Waals surface area contributed by atoms with E-state index < -0.39 is 15.8 Å². The Kier molecular flexibility index (Phi) is 4.07. The fourth-order valence-corrected chi connectivity index (χ4v) is 3.09. The average Bonchev–Trinajstić information content (AvgIpc) is 2.31. The normalized spacial score (nSPS) is 11.3. The smallest absolute Gasteiger partial charge is 0.236 e. The van der Waals surface area contributed by atoms with Crippen molar-refractivity contribution in [3.8, 4) is 0 Å². The highest BCUT2D eigenvalue weighted by atomic mass is 35.5. The molecule has 2 rings (SSSR count). The van der Waals surface area contributed by atoms with E-state index in [0.29, 0.717) is 10.6 Å². The molecule has 6 heteroatoms. The van der Waals surface area contributed by atoms with Crippen LogP contribution in [-0.4, -0.2) is 8.42 Å². The lowest BCUT2D eigenvalue weighted by molar-refractivity contribution is 0.600. The molecule has 0 aromatic heterocycles. The number of sulfonamides is 1. The minimum Gasteiger partial charge on any atom is -0.283 e. The van der Waals surface area contributed by atoms with E-state index in [2.05, 4.69) is 4.72 Å². The van der Waals surface area contributed by atoms with Crippen LogP contribution < -0.4 is 4.72 Å². The van der Waals surface area contributed by atoms with Gasteiger partial charge in [0.05, 0.1) is 11.4 Å². The lowest BCUT2D eigenvalue weighted by Gasteiger charge is -2.09. The van der Waals surface area contributed by atoms with Crippen LogP contribution in [0.1, 0.15) is 5.56 Å². The van der Waals surface area contributed by atoms with Gasteiger partial charge in [-0.2, -0.15) is 0 Å². The Morgan fingerprint density at radius 3 is 2.53 bits per heavy atom. The third-order valence-electron chi connectivity index (χ3n) is 2.40. The highest BCUT2D eigenvalue weighted by Crippen LogP contribution is 2.19. The van der Waals surface area contributed by atoms with Gasteiger partial charge in [-0.25, -0.2) is 12.8 Å². The van der Waals surface area contributed by atoms with Gasteiger partial charge in [0, 0.05) is 5.02 Å². The third kappa shape index (κ3) is 3.94. The van der Waals surface area contributed by atoms with Crippen molar-refractivity contribution >= 4 is 27.3 Å². The van der Waals surface area contributed by atoms with Crippen molar-refractivity contribution in [2.45, 2.75) is 5.75 Å². The lowest BCUT2D eigenvalue weighted by Crippen LogP contribution is -2.15. The molecular formula is C13H11ClFNO2S. The zero-order chi connectivity index (χ0) is 13.9. The SMILES string of the molecule is O=S(=O)(Cc1ccccc1Cl)Nc1cccc(F)c1. The molecule has 0 amide bonds. The molecule has 0 aliphatic heterocycles. The molecule has 0 atom stereocenters. The first-order valence-electron chi connectivity index (χ1n) is 5.46. The van der Waals surface area contributed by atoms with Crippen LogP contribution in [0.4, 0.5) is 10.1 Å². The Balaban J connectivity index is 2.18. The van der Waals surface area contributed by atoms with Gasteiger partial charge >= 0.3 is 0 Å². The van der Waals surface area contributed by atoms with Crippen molar-refractivity contribution < 1.29 is 12.8 Å². The number of halogens is 2. The highest BCUT2D eigenvalue weighted by molar-refractivity contribution is 7.91. The van der Waals surface area contributed by atoms with Crippen LogP contribution in [0.25, 0.3) is 0 Å². The summed E-state index contributed by atoms with van der Waals surface area (Å²) in [6, 6.07) is 11.9. The largest absolute Gasteiger partial charge is 0.283 e. The van der Waals surface area contributed by atoms with E-state index in [1.807, 2.05) is 0 Å². The predicted octanol–water partition coefficient (Wildman–Crippen LogP) is 3.42. The van der Waals surface area contributed by atoms with Crippen molar-refractivity contribution in [1.82, 2.24) is 0 Å². The summed E-state index contributed by atoms with van der Waals surface area (Å²) in [6.07, 6.45) is 0. The molecule has 2 aromatic carbocycles. The minimum atomic E-state index is -3.63. The number of hydrogen-bond donors (Lipinski definition) is 1. The molecule has 19 heavy (non-hydrogen) atoms. The molecule has 1 N–H and O–H groups in total. The van der Waals surface area contributed by atoms with Crippen LogP contribution in [-0.2, 0) is 15.8 Å². The zero-order valence-electron chi connectivity index (χ0n) is 9.81. The van der Waals surface area contributed by atoms with Crippen molar-refractivity contribution in [2.24, 2.45) is 0 Å². The molecule has 2 aromatic rings. The van der Waals surface area contributed by atoms with E-state index in [1.165, 1.54) is 18.2 Å². The predicted molar refractivity (Wildman–Crippen MR) is 74.1 cm³/mol. The second kappa shape index (κ2) is 5.59. The summed E-state index contributed by atoms with van der Waals surface area (Å²) in [6.45, 7) is 0. The summed E-state index contributed by atoms with van der Waals surface area (Å²) in [4.78, 5) is 0. The number of rotatable bonds is 4. The summed E-state index contributed by atoms with van der Waals surface area (Å²) in [5.41, 5.74) is 0.681. The zero-order valence-corrected chi connectivity index (χ0v) is 11.4. The molecule has 0 bridgehead atoms. The maximum atomic E-state index is 13.0. The monoisotopic (exact) mass is 299 g/mol. The molecular weight excluding hydrogens is 289 g/mol. The fourth-order valence-electron chi connectivity index (χ4n) is 1.59. The number of hydrogen-bond acceptors (Lipinski definition) is 2. The quantitative estimate of drug-likeness (QED) is 0.940. The molecule has 0 heterocycles. The molecule has 0 unspecified atom stereocenters. The summed E-state index contributed by atoms with van der Waals surface area (Å²) < 4.78 is 39.2. The third-order valence-corrected chi connectivity index (χ3v) is 4.01. The van der Waals surface area contributed by atoms with Crippen LogP contribution in [0.5, 0.6) is 0 Å². The van der Waals surface area contributed by atoms with Gasteiger partial charge in [0.15, 0.2) is 0 Å². The summed E-state index contributed by atoms with van der Waals surface area (Å²) in [5, 5.41) is 0.382. The van der Waals surface area contributed by atoms with Crippen molar-refractivity contribution in [1.29, 1.82) is 0 Å². The van der Waals surface area contributed by atoms with E-state index >= 15 is 0 Å². The molecule has 0 fully saturated rings. The number of nitrogens with one attached hydrogen (secondary N) is 1. The van der Waals surface area contributed by atoms with Gasteiger partial charge in [-0.15, -0.1) is 0 Å². The van der Waals surface area contributed by atoms with Crippen LogP contribution >= 0.6 is 11.6 Å². The van der Waals surface area contributed by atoms with Crippen molar-refractivity contribution in [3.05, 3.63) is 64.9 Å². The van der Waals surface area contributed by atoms with Gasteiger partial charge in [-0.1, -0.05) is 35.9 Å². The van der Waals surface area contributed by atoms with E-state index in [9.17, 15) is 12.8 Å². The van der Waals surface area contributed by atoms with Crippen LogP contribution in [0.2, 0.25) is 5.02 Å². The van der Waals surface area contributed by atoms with Crippen LogP contribution in [0, 0.1) is 5.82 Å². The molecule has 0 saturated heterocycles. The number of benzene rings is 2. The second-order valence-corrected chi connectivity index (χ2v) is 6.09. The Labute approximate surface area is 116 Å². The summed E-state index contributed by atoms with van der Waals surface area (Å²) in [5.74, 6) is -0.763. The topological polar surface area (TPSA) is 46.2 Å². The Morgan fingerprint density at radius 1 is 1.11 bits per heavy atom. The Hall–Kier alpha value is -1.59. The molecule has 0 radical (unpaired) electrons. The van der Waals surface area contributed by atoms with E-state index in [-0.39, 0.29) is 11.4 Å². The van der Waals surface area contributed by atoms with Crippen LogP contribution in [0.3, 0.4) is 0 Å². The molecule has 0 saturated carbocycles.